The Balaban J connectivity index is 3.30. The van der Waals surface area contributed by atoms with E-state index in [0.717, 1.165) is 6.42 Å². The molecule has 0 saturated carbocycles. The molecule has 0 bridgehead atoms. The Morgan fingerprint density at radius 3 is 2.36 bits per heavy atom. The molecule has 0 radical (unpaired) electrons. The topological polar surface area (TPSA) is 40.5 Å². The second-order valence-electron chi connectivity index (χ2n) is 4.36. The van der Waals surface area contributed by atoms with Crippen molar-refractivity contribution in [2.24, 2.45) is 5.92 Å². The van der Waals surface area contributed by atoms with E-state index in [4.69, 9.17) is 5.11 Å². The van der Waals surface area contributed by atoms with Crippen molar-refractivity contribution < 1.29 is 10.2 Å². The third-order valence-corrected chi connectivity index (χ3v) is 2.69. The summed E-state index contributed by atoms with van der Waals surface area (Å²) in [5, 5.41) is 18.1. The van der Waals surface area contributed by atoms with Crippen LogP contribution >= 0.6 is 0 Å². The van der Waals surface area contributed by atoms with Gasteiger partial charge in [0.2, 0.25) is 0 Å². The molecule has 0 saturated heterocycles. The van der Waals surface area contributed by atoms with Crippen LogP contribution in [0.25, 0.3) is 0 Å². The molecule has 0 aromatic rings. The summed E-state index contributed by atoms with van der Waals surface area (Å²) in [4.78, 5) is 0. The average molecular weight is 202 g/mol. The number of hydrogen-bond donors (Lipinski definition) is 2. The minimum absolute atomic E-state index is 0.101. The Morgan fingerprint density at radius 2 is 1.79 bits per heavy atom. The lowest BCUT2D eigenvalue weighted by atomic mass is 9.96. The maximum absolute atomic E-state index is 9.46. The van der Waals surface area contributed by atoms with E-state index >= 15 is 0 Å². The predicted molar refractivity (Wildman–Crippen MR) is 60.2 cm³/mol. The predicted octanol–water partition coefficient (Wildman–Crippen LogP) is 2.73. The standard InChI is InChI=1S/C12H26O2/c1-3-4-5-6-7-11(2)10-12(14)8-9-13/h11-14H,3-10H2,1-2H3/t11-,12-/m0/s1. The summed E-state index contributed by atoms with van der Waals surface area (Å²) < 4.78 is 0. The van der Waals surface area contributed by atoms with Crippen LogP contribution in [0, 0.1) is 5.92 Å². The summed E-state index contributed by atoms with van der Waals surface area (Å²) >= 11 is 0. The molecular formula is C12H26O2. The van der Waals surface area contributed by atoms with Gasteiger partial charge < -0.3 is 10.2 Å². The Bertz CT molecular complexity index is 115. The largest absolute Gasteiger partial charge is 0.396 e. The van der Waals surface area contributed by atoms with Crippen LogP contribution in [0.3, 0.4) is 0 Å². The first kappa shape index (κ1) is 13.9. The van der Waals surface area contributed by atoms with Crippen LogP contribution < -0.4 is 0 Å². The molecule has 2 atom stereocenters. The lowest BCUT2D eigenvalue weighted by molar-refractivity contribution is 0.109. The molecule has 2 N–H and O–H groups in total. The monoisotopic (exact) mass is 202 g/mol. The van der Waals surface area contributed by atoms with Gasteiger partial charge in [0.25, 0.3) is 0 Å². The number of rotatable bonds is 9. The van der Waals surface area contributed by atoms with Crippen molar-refractivity contribution in [3.8, 4) is 0 Å². The van der Waals surface area contributed by atoms with Crippen LogP contribution in [0.1, 0.15) is 58.8 Å². The Kier molecular flexibility index (Phi) is 9.42. The summed E-state index contributed by atoms with van der Waals surface area (Å²) in [6.07, 6.45) is 7.47. The number of unbranched alkanes of at least 4 members (excludes halogenated alkanes) is 3. The molecule has 0 amide bonds. The fourth-order valence-corrected chi connectivity index (χ4v) is 1.77. The molecule has 0 aliphatic rings. The quantitative estimate of drug-likeness (QED) is 0.564. The van der Waals surface area contributed by atoms with Crippen molar-refractivity contribution >= 4 is 0 Å². The van der Waals surface area contributed by atoms with Crippen LogP contribution in [0.4, 0.5) is 0 Å². The van der Waals surface area contributed by atoms with Crippen LogP contribution in [0.5, 0.6) is 0 Å². The molecule has 0 spiro atoms. The average Bonchev–Trinajstić information content (AvgIpc) is 2.13. The summed E-state index contributed by atoms with van der Waals surface area (Å²) in [5.74, 6) is 0.591. The van der Waals surface area contributed by atoms with Crippen LogP contribution in [-0.2, 0) is 0 Å². The molecule has 14 heavy (non-hydrogen) atoms. The molecule has 0 aromatic heterocycles. The smallest absolute Gasteiger partial charge is 0.0564 e. The Hall–Kier alpha value is -0.0800. The Morgan fingerprint density at radius 1 is 1.07 bits per heavy atom. The molecule has 2 nitrogen and oxygen atoms in total. The molecule has 0 aromatic carbocycles. The van der Waals surface area contributed by atoms with Crippen molar-refractivity contribution in [2.45, 2.75) is 64.9 Å². The third kappa shape index (κ3) is 8.52. The van der Waals surface area contributed by atoms with E-state index < -0.39 is 0 Å². The molecule has 0 rings (SSSR count). The molecule has 0 heterocycles. The lowest BCUT2D eigenvalue weighted by Gasteiger charge is -2.15. The van der Waals surface area contributed by atoms with Crippen molar-refractivity contribution in [2.75, 3.05) is 6.61 Å². The maximum atomic E-state index is 9.46. The third-order valence-electron chi connectivity index (χ3n) is 2.69. The first-order chi connectivity index (χ1) is 6.70. The molecule has 2 heteroatoms. The number of aliphatic hydroxyl groups excluding tert-OH is 2. The van der Waals surface area contributed by atoms with Gasteiger partial charge in [-0.05, 0) is 18.8 Å². The normalized spacial score (nSPS) is 15.4. The molecule has 0 fully saturated rings. The second kappa shape index (κ2) is 9.47. The fraction of sp³-hybridized carbons (Fsp3) is 1.00. The van der Waals surface area contributed by atoms with Gasteiger partial charge in [0.15, 0.2) is 0 Å². The van der Waals surface area contributed by atoms with Crippen molar-refractivity contribution in [1.29, 1.82) is 0 Å². The van der Waals surface area contributed by atoms with E-state index in [-0.39, 0.29) is 12.7 Å². The highest BCUT2D eigenvalue weighted by Gasteiger charge is 2.09. The van der Waals surface area contributed by atoms with E-state index in [1.54, 1.807) is 0 Å². The summed E-state index contributed by atoms with van der Waals surface area (Å²) in [5.41, 5.74) is 0. The summed E-state index contributed by atoms with van der Waals surface area (Å²) in [6, 6.07) is 0. The molecular weight excluding hydrogens is 176 g/mol. The van der Waals surface area contributed by atoms with E-state index in [2.05, 4.69) is 13.8 Å². The second-order valence-corrected chi connectivity index (χ2v) is 4.36. The maximum Gasteiger partial charge on any atom is 0.0564 e. The van der Waals surface area contributed by atoms with Crippen molar-refractivity contribution in [3.63, 3.8) is 0 Å². The van der Waals surface area contributed by atoms with Crippen LogP contribution in [-0.4, -0.2) is 22.9 Å². The van der Waals surface area contributed by atoms with Gasteiger partial charge in [-0.15, -0.1) is 0 Å². The zero-order chi connectivity index (χ0) is 10.8. The zero-order valence-electron chi connectivity index (χ0n) is 9.71. The van der Waals surface area contributed by atoms with Crippen LogP contribution in [0.2, 0.25) is 0 Å². The van der Waals surface area contributed by atoms with E-state index in [1.807, 2.05) is 0 Å². The van der Waals surface area contributed by atoms with E-state index in [1.165, 1.54) is 32.1 Å². The first-order valence-corrected chi connectivity index (χ1v) is 5.99. The highest BCUT2D eigenvalue weighted by molar-refractivity contribution is 4.61. The summed E-state index contributed by atoms with van der Waals surface area (Å²) in [7, 11) is 0. The van der Waals surface area contributed by atoms with Crippen molar-refractivity contribution in [1.82, 2.24) is 0 Å². The first-order valence-electron chi connectivity index (χ1n) is 5.99. The highest BCUT2D eigenvalue weighted by atomic mass is 16.3. The fourth-order valence-electron chi connectivity index (χ4n) is 1.77. The zero-order valence-corrected chi connectivity index (χ0v) is 9.71. The SMILES string of the molecule is CCCCCC[C@H](C)C[C@@H](O)CCO. The minimum atomic E-state index is -0.304. The number of hydrogen-bond acceptors (Lipinski definition) is 2. The van der Waals surface area contributed by atoms with Crippen LogP contribution in [0.15, 0.2) is 0 Å². The number of aliphatic hydroxyl groups is 2. The minimum Gasteiger partial charge on any atom is -0.396 e. The highest BCUT2D eigenvalue weighted by Crippen LogP contribution is 2.16. The van der Waals surface area contributed by atoms with Gasteiger partial charge in [0, 0.05) is 6.61 Å². The van der Waals surface area contributed by atoms with Gasteiger partial charge in [-0.2, -0.15) is 0 Å². The van der Waals surface area contributed by atoms with E-state index in [9.17, 15) is 5.11 Å². The van der Waals surface area contributed by atoms with Gasteiger partial charge in [0.1, 0.15) is 0 Å². The molecule has 0 unspecified atom stereocenters. The molecule has 0 aliphatic heterocycles. The van der Waals surface area contributed by atoms with Gasteiger partial charge >= 0.3 is 0 Å². The van der Waals surface area contributed by atoms with E-state index in [0.29, 0.717) is 12.3 Å². The molecule has 86 valence electrons. The lowest BCUT2D eigenvalue weighted by Crippen LogP contribution is -2.13. The Labute approximate surface area is 88.3 Å². The summed E-state index contributed by atoms with van der Waals surface area (Å²) in [6.45, 7) is 4.50. The van der Waals surface area contributed by atoms with Gasteiger partial charge in [-0.1, -0.05) is 46.0 Å². The molecule has 0 aliphatic carbocycles. The van der Waals surface area contributed by atoms with Gasteiger partial charge in [-0.3, -0.25) is 0 Å². The van der Waals surface area contributed by atoms with Gasteiger partial charge in [0.05, 0.1) is 6.10 Å². The van der Waals surface area contributed by atoms with Crippen molar-refractivity contribution in [3.05, 3.63) is 0 Å². The van der Waals surface area contributed by atoms with Gasteiger partial charge in [-0.25, -0.2) is 0 Å².